The highest BCUT2D eigenvalue weighted by Crippen LogP contribution is 2.29. The second-order valence-electron chi connectivity index (χ2n) is 6.87. The molecule has 0 fully saturated rings. The number of rotatable bonds is 9. The number of hydrogen-bond acceptors (Lipinski definition) is 5. The minimum Gasteiger partial charge on any atom is -0.497 e. The largest absolute Gasteiger partial charge is 0.497 e. The predicted molar refractivity (Wildman–Crippen MR) is 131 cm³/mol. The van der Waals surface area contributed by atoms with E-state index in [1.807, 2.05) is 37.3 Å². The molecule has 0 aromatic heterocycles. The smallest absolute Gasteiger partial charge is 0.266 e. The molecule has 0 unspecified atom stereocenters. The van der Waals surface area contributed by atoms with E-state index in [0.29, 0.717) is 41.7 Å². The third-order valence-electron chi connectivity index (χ3n) is 4.65. The number of carbonyl (C=O) groups excluding carboxylic acids is 1. The molecule has 0 aliphatic rings. The van der Waals surface area contributed by atoms with E-state index in [2.05, 4.69) is 21.2 Å². The summed E-state index contributed by atoms with van der Waals surface area (Å²) in [6, 6.07) is 21.9. The number of halogens is 1. The number of nitriles is 1. The Balaban J connectivity index is 1.82. The molecule has 0 aliphatic carbocycles. The van der Waals surface area contributed by atoms with Crippen molar-refractivity contribution in [1.82, 2.24) is 0 Å². The molecule has 0 saturated carbocycles. The molecule has 33 heavy (non-hydrogen) atoms. The topological polar surface area (TPSA) is 80.6 Å². The fourth-order valence-corrected chi connectivity index (χ4v) is 3.36. The van der Waals surface area contributed by atoms with Crippen LogP contribution < -0.4 is 19.5 Å². The van der Waals surface area contributed by atoms with Gasteiger partial charge < -0.3 is 19.5 Å². The molecule has 168 valence electrons. The number of benzene rings is 3. The van der Waals surface area contributed by atoms with Gasteiger partial charge >= 0.3 is 0 Å². The van der Waals surface area contributed by atoms with Crippen LogP contribution in [0.5, 0.6) is 17.2 Å². The van der Waals surface area contributed by atoms with E-state index in [-0.39, 0.29) is 5.57 Å². The van der Waals surface area contributed by atoms with Crippen molar-refractivity contribution in [3.8, 4) is 23.3 Å². The van der Waals surface area contributed by atoms with E-state index in [9.17, 15) is 10.1 Å². The second-order valence-corrected chi connectivity index (χ2v) is 7.72. The minimum atomic E-state index is -0.519. The lowest BCUT2D eigenvalue weighted by atomic mass is 10.1. The molecule has 3 aromatic carbocycles. The summed E-state index contributed by atoms with van der Waals surface area (Å²) in [5.41, 5.74) is 2.05. The van der Waals surface area contributed by atoms with Crippen molar-refractivity contribution >= 4 is 33.6 Å². The molecule has 0 aliphatic heterocycles. The fraction of sp³-hybridized carbons (Fsp3) is 0.154. The van der Waals surface area contributed by atoms with Crippen molar-refractivity contribution in [2.24, 2.45) is 0 Å². The second kappa shape index (κ2) is 11.7. The highest BCUT2D eigenvalue weighted by atomic mass is 79.9. The van der Waals surface area contributed by atoms with Gasteiger partial charge in [0.1, 0.15) is 35.5 Å². The number of hydrogen-bond donors (Lipinski definition) is 1. The fourth-order valence-electron chi connectivity index (χ4n) is 2.96. The first-order chi connectivity index (χ1) is 16.0. The lowest BCUT2D eigenvalue weighted by molar-refractivity contribution is -0.112. The molecule has 0 atom stereocenters. The Morgan fingerprint density at radius 3 is 2.45 bits per heavy atom. The van der Waals surface area contributed by atoms with Gasteiger partial charge in [-0.15, -0.1) is 0 Å². The van der Waals surface area contributed by atoms with Crippen LogP contribution in [0.4, 0.5) is 5.69 Å². The number of anilines is 1. The number of ether oxygens (including phenoxy) is 3. The number of amides is 1. The molecule has 0 saturated heterocycles. The van der Waals surface area contributed by atoms with Gasteiger partial charge in [-0.25, -0.2) is 0 Å². The van der Waals surface area contributed by atoms with Crippen LogP contribution in [0.15, 0.2) is 76.8 Å². The molecule has 7 heteroatoms. The van der Waals surface area contributed by atoms with Crippen LogP contribution in [0.25, 0.3) is 6.08 Å². The van der Waals surface area contributed by atoms with Gasteiger partial charge in [0.05, 0.1) is 13.7 Å². The molecule has 1 N–H and O–H groups in total. The molecule has 0 radical (unpaired) electrons. The molecule has 0 heterocycles. The van der Waals surface area contributed by atoms with E-state index in [1.165, 1.54) is 6.08 Å². The van der Waals surface area contributed by atoms with Gasteiger partial charge in [0.25, 0.3) is 5.91 Å². The molecule has 0 bridgehead atoms. The zero-order chi connectivity index (χ0) is 23.6. The van der Waals surface area contributed by atoms with Gasteiger partial charge in [-0.3, -0.25) is 4.79 Å². The van der Waals surface area contributed by atoms with Crippen molar-refractivity contribution in [2.45, 2.75) is 13.5 Å². The Morgan fingerprint density at radius 2 is 1.79 bits per heavy atom. The zero-order valence-corrected chi connectivity index (χ0v) is 19.9. The third-order valence-corrected chi connectivity index (χ3v) is 5.42. The van der Waals surface area contributed by atoms with Gasteiger partial charge in [0.2, 0.25) is 0 Å². The first-order valence-corrected chi connectivity index (χ1v) is 11.0. The maximum Gasteiger partial charge on any atom is 0.266 e. The highest BCUT2D eigenvalue weighted by Gasteiger charge is 2.13. The van der Waals surface area contributed by atoms with Crippen LogP contribution in [0.2, 0.25) is 0 Å². The Kier molecular flexibility index (Phi) is 8.50. The monoisotopic (exact) mass is 506 g/mol. The maximum atomic E-state index is 12.7. The Hall–Kier alpha value is -3.76. The first-order valence-electron chi connectivity index (χ1n) is 10.2. The van der Waals surface area contributed by atoms with Crippen molar-refractivity contribution in [1.29, 1.82) is 5.26 Å². The quantitative estimate of drug-likeness (QED) is 0.285. The predicted octanol–water partition coefficient (Wildman–Crippen LogP) is 5.98. The van der Waals surface area contributed by atoms with Crippen LogP contribution >= 0.6 is 15.9 Å². The van der Waals surface area contributed by atoms with Gasteiger partial charge in [-0.05, 0) is 55.5 Å². The summed E-state index contributed by atoms with van der Waals surface area (Å²) >= 11 is 3.51. The molecule has 0 spiro atoms. The SMILES string of the molecule is CCOc1ccc(NC(=O)/C(C#N)=C/c2ccc(OC)cc2OCc2ccccc2Br)cc1. The van der Waals surface area contributed by atoms with Crippen LogP contribution in [-0.4, -0.2) is 19.6 Å². The molecule has 1 amide bonds. The van der Waals surface area contributed by atoms with E-state index in [1.54, 1.807) is 49.6 Å². The van der Waals surface area contributed by atoms with E-state index in [0.717, 1.165) is 10.0 Å². The van der Waals surface area contributed by atoms with Gasteiger partial charge in [-0.2, -0.15) is 5.26 Å². The molecular weight excluding hydrogens is 484 g/mol. The molecular formula is C26H23BrN2O4. The summed E-state index contributed by atoms with van der Waals surface area (Å²) in [5, 5.41) is 12.3. The normalized spacial score (nSPS) is 10.8. The van der Waals surface area contributed by atoms with Gasteiger partial charge in [0, 0.05) is 27.4 Å². The van der Waals surface area contributed by atoms with Crippen molar-refractivity contribution in [3.05, 3.63) is 87.9 Å². The van der Waals surface area contributed by atoms with E-state index in [4.69, 9.17) is 14.2 Å². The first kappa shape index (κ1) is 23.9. The number of methoxy groups -OCH3 is 1. The minimum absolute atomic E-state index is 0.0557. The van der Waals surface area contributed by atoms with E-state index >= 15 is 0 Å². The van der Waals surface area contributed by atoms with Crippen LogP contribution in [-0.2, 0) is 11.4 Å². The summed E-state index contributed by atoms with van der Waals surface area (Å²) in [5.74, 6) is 1.28. The third kappa shape index (κ3) is 6.61. The maximum absolute atomic E-state index is 12.7. The average molecular weight is 507 g/mol. The Labute approximate surface area is 201 Å². The van der Waals surface area contributed by atoms with Crippen molar-refractivity contribution < 1.29 is 19.0 Å². The Morgan fingerprint density at radius 1 is 1.06 bits per heavy atom. The molecule has 3 rings (SSSR count). The molecule has 3 aromatic rings. The standard InChI is InChI=1S/C26H23BrN2O4/c1-3-32-22-12-9-21(10-13-22)29-26(30)20(16-28)14-18-8-11-23(31-2)15-25(18)33-17-19-6-4-5-7-24(19)27/h4-15H,3,17H2,1-2H3,(H,29,30)/b20-14+. The van der Waals surface area contributed by atoms with Crippen LogP contribution in [0.1, 0.15) is 18.1 Å². The van der Waals surface area contributed by atoms with Crippen LogP contribution in [0, 0.1) is 11.3 Å². The highest BCUT2D eigenvalue weighted by molar-refractivity contribution is 9.10. The Bertz CT molecular complexity index is 1180. The average Bonchev–Trinajstić information content (AvgIpc) is 2.83. The summed E-state index contributed by atoms with van der Waals surface area (Å²) in [7, 11) is 1.56. The number of carbonyl (C=O) groups is 1. The number of nitrogens with zero attached hydrogens (tertiary/aromatic N) is 1. The zero-order valence-electron chi connectivity index (χ0n) is 18.3. The van der Waals surface area contributed by atoms with E-state index < -0.39 is 5.91 Å². The van der Waals surface area contributed by atoms with Crippen molar-refractivity contribution in [3.63, 3.8) is 0 Å². The van der Waals surface area contributed by atoms with Gasteiger partial charge in [-0.1, -0.05) is 34.1 Å². The summed E-state index contributed by atoms with van der Waals surface area (Å²) < 4.78 is 17.7. The van der Waals surface area contributed by atoms with Crippen molar-refractivity contribution in [2.75, 3.05) is 19.0 Å². The van der Waals surface area contributed by atoms with Crippen LogP contribution in [0.3, 0.4) is 0 Å². The summed E-state index contributed by atoms with van der Waals surface area (Å²) in [6.45, 7) is 2.76. The lowest BCUT2D eigenvalue weighted by Crippen LogP contribution is -2.13. The molecule has 6 nitrogen and oxygen atoms in total. The summed E-state index contributed by atoms with van der Waals surface area (Å²) in [6.07, 6.45) is 1.50. The lowest BCUT2D eigenvalue weighted by Gasteiger charge is -2.12. The summed E-state index contributed by atoms with van der Waals surface area (Å²) in [4.78, 5) is 12.7. The number of nitrogens with one attached hydrogen (secondary N) is 1. The van der Waals surface area contributed by atoms with Gasteiger partial charge in [0.15, 0.2) is 0 Å².